The van der Waals surface area contributed by atoms with Crippen LogP contribution in [0.1, 0.15) is 4.88 Å². The second-order valence-electron chi connectivity index (χ2n) is 3.24. The quantitative estimate of drug-likeness (QED) is 0.661. The van der Waals surface area contributed by atoms with Crippen molar-refractivity contribution in [2.24, 2.45) is 0 Å². The van der Waals surface area contributed by atoms with Gasteiger partial charge in [-0.3, -0.25) is 0 Å². The minimum atomic E-state index is 0.541. The van der Waals surface area contributed by atoms with Gasteiger partial charge in [-0.05, 0) is 24.3 Å². The lowest BCUT2D eigenvalue weighted by Gasteiger charge is -1.99. The molecule has 1 aromatic carbocycles. The lowest BCUT2D eigenvalue weighted by Crippen LogP contribution is -1.72. The molecule has 0 saturated carbocycles. The number of thiophene rings is 1. The van der Waals surface area contributed by atoms with E-state index in [1.807, 2.05) is 36.4 Å². The average molecular weight is 269 g/mol. The highest BCUT2D eigenvalue weighted by atomic mass is 35.5. The Labute approximate surface area is 109 Å². The molecule has 0 saturated heterocycles. The third kappa shape index (κ3) is 2.67. The number of benzene rings is 1. The highest BCUT2D eigenvalue weighted by molar-refractivity contribution is 7.16. The first kappa shape index (κ1) is 11.7. The minimum Gasteiger partial charge on any atom is -0.136 e. The van der Waals surface area contributed by atoms with Gasteiger partial charge in [-0.25, -0.2) is 0 Å². The van der Waals surface area contributed by atoms with Crippen LogP contribution in [0.4, 0.5) is 0 Å². The van der Waals surface area contributed by atoms with Gasteiger partial charge in [-0.15, -0.1) is 22.9 Å². The van der Waals surface area contributed by atoms with E-state index in [1.54, 1.807) is 11.3 Å². The molecule has 1 heterocycles. The van der Waals surface area contributed by atoms with Crippen LogP contribution in [-0.4, -0.2) is 5.88 Å². The second-order valence-corrected chi connectivity index (χ2v) is 5.07. The molecule has 0 unspecified atom stereocenters. The number of alkyl halides is 1. The Morgan fingerprint density at radius 1 is 1.12 bits per heavy atom. The van der Waals surface area contributed by atoms with Crippen molar-refractivity contribution in [2.75, 3.05) is 5.88 Å². The highest BCUT2D eigenvalue weighted by Gasteiger charge is 2.04. The molecule has 0 amide bonds. The smallest absolute Gasteiger partial charge is 0.0492 e. The van der Waals surface area contributed by atoms with Crippen molar-refractivity contribution in [1.82, 2.24) is 0 Å². The Kier molecular flexibility index (Phi) is 4.05. The van der Waals surface area contributed by atoms with E-state index in [2.05, 4.69) is 12.1 Å². The monoisotopic (exact) mass is 268 g/mol. The van der Waals surface area contributed by atoms with Gasteiger partial charge in [0.15, 0.2) is 0 Å². The number of allylic oxidation sites excluding steroid dienone is 1. The molecule has 1 aromatic heterocycles. The summed E-state index contributed by atoms with van der Waals surface area (Å²) >= 11 is 13.4. The zero-order chi connectivity index (χ0) is 11.4. The first-order chi connectivity index (χ1) is 7.81. The predicted molar refractivity (Wildman–Crippen MR) is 74.5 cm³/mol. The highest BCUT2D eigenvalue weighted by Crippen LogP contribution is 2.33. The van der Waals surface area contributed by atoms with Crippen LogP contribution in [0.5, 0.6) is 0 Å². The Morgan fingerprint density at radius 2 is 1.94 bits per heavy atom. The molecule has 16 heavy (non-hydrogen) atoms. The molecule has 3 heteroatoms. The summed E-state index contributed by atoms with van der Waals surface area (Å²) in [5.74, 6) is 0.541. The molecule has 2 rings (SSSR count). The molecule has 0 atom stereocenters. The number of halogens is 2. The summed E-state index contributed by atoms with van der Waals surface area (Å²) in [5, 5.41) is 0.789. The summed E-state index contributed by atoms with van der Waals surface area (Å²) in [7, 11) is 0. The zero-order valence-corrected chi connectivity index (χ0v) is 10.8. The van der Waals surface area contributed by atoms with E-state index in [9.17, 15) is 0 Å². The Bertz CT molecular complexity index is 500. The Balaban J connectivity index is 2.32. The maximum Gasteiger partial charge on any atom is 0.0492 e. The largest absolute Gasteiger partial charge is 0.136 e. The van der Waals surface area contributed by atoms with Crippen molar-refractivity contribution < 1.29 is 0 Å². The molecular weight excluding hydrogens is 259 g/mol. The van der Waals surface area contributed by atoms with E-state index in [1.165, 1.54) is 9.75 Å². The second kappa shape index (κ2) is 5.53. The van der Waals surface area contributed by atoms with Crippen LogP contribution in [0.3, 0.4) is 0 Å². The maximum absolute atomic E-state index is 6.14. The standard InChI is InChI=1S/C13H10Cl2S/c14-9-3-4-10-7-8-13(16-10)11-5-1-2-6-12(11)15/h1-8H,9H2. The summed E-state index contributed by atoms with van der Waals surface area (Å²) in [6, 6.07) is 12.0. The van der Waals surface area contributed by atoms with E-state index < -0.39 is 0 Å². The van der Waals surface area contributed by atoms with Crippen LogP contribution >= 0.6 is 34.5 Å². The number of rotatable bonds is 3. The zero-order valence-electron chi connectivity index (χ0n) is 8.49. The summed E-state index contributed by atoms with van der Waals surface area (Å²) in [6.07, 6.45) is 3.96. The average Bonchev–Trinajstić information content (AvgIpc) is 2.75. The summed E-state index contributed by atoms with van der Waals surface area (Å²) in [6.45, 7) is 0. The molecule has 0 aliphatic carbocycles. The normalized spacial score (nSPS) is 11.1. The van der Waals surface area contributed by atoms with Crippen molar-refractivity contribution in [3.63, 3.8) is 0 Å². The Hall–Kier alpha value is -0.760. The van der Waals surface area contributed by atoms with Gasteiger partial charge >= 0.3 is 0 Å². The summed E-state index contributed by atoms with van der Waals surface area (Å²) in [5.41, 5.74) is 1.08. The molecule has 0 aliphatic rings. The fourth-order valence-corrected chi connectivity index (χ4v) is 2.77. The van der Waals surface area contributed by atoms with Crippen molar-refractivity contribution >= 4 is 40.6 Å². The molecule has 0 aliphatic heterocycles. The topological polar surface area (TPSA) is 0 Å². The van der Waals surface area contributed by atoms with E-state index >= 15 is 0 Å². The van der Waals surface area contributed by atoms with E-state index in [0.29, 0.717) is 5.88 Å². The molecular formula is C13H10Cl2S. The molecule has 0 radical (unpaired) electrons. The third-order valence-corrected chi connectivity index (χ3v) is 3.73. The predicted octanol–water partition coefficient (Wildman–Crippen LogP) is 5.32. The molecule has 0 bridgehead atoms. The number of hydrogen-bond donors (Lipinski definition) is 0. The summed E-state index contributed by atoms with van der Waals surface area (Å²) in [4.78, 5) is 2.37. The van der Waals surface area contributed by atoms with Crippen LogP contribution in [0.2, 0.25) is 5.02 Å². The van der Waals surface area contributed by atoms with Crippen molar-refractivity contribution in [1.29, 1.82) is 0 Å². The van der Waals surface area contributed by atoms with Gasteiger partial charge in [0.2, 0.25) is 0 Å². The lowest BCUT2D eigenvalue weighted by atomic mass is 10.2. The van der Waals surface area contributed by atoms with Crippen LogP contribution in [-0.2, 0) is 0 Å². The number of hydrogen-bond acceptors (Lipinski definition) is 1. The van der Waals surface area contributed by atoms with Gasteiger partial charge in [-0.2, -0.15) is 0 Å². The van der Waals surface area contributed by atoms with Gasteiger partial charge in [0.25, 0.3) is 0 Å². The van der Waals surface area contributed by atoms with Crippen LogP contribution < -0.4 is 0 Å². The molecule has 82 valence electrons. The molecule has 0 fully saturated rings. The summed E-state index contributed by atoms with van der Waals surface area (Å²) < 4.78 is 0. The van der Waals surface area contributed by atoms with Crippen LogP contribution in [0.15, 0.2) is 42.5 Å². The molecule has 2 aromatic rings. The van der Waals surface area contributed by atoms with E-state index in [4.69, 9.17) is 23.2 Å². The Morgan fingerprint density at radius 3 is 2.69 bits per heavy atom. The van der Waals surface area contributed by atoms with Gasteiger partial charge in [0.05, 0.1) is 0 Å². The van der Waals surface area contributed by atoms with Crippen molar-refractivity contribution in [3.8, 4) is 10.4 Å². The van der Waals surface area contributed by atoms with Crippen molar-refractivity contribution in [3.05, 3.63) is 52.4 Å². The van der Waals surface area contributed by atoms with E-state index in [-0.39, 0.29) is 0 Å². The van der Waals surface area contributed by atoms with Crippen LogP contribution in [0.25, 0.3) is 16.5 Å². The van der Waals surface area contributed by atoms with E-state index in [0.717, 1.165) is 10.6 Å². The fourth-order valence-electron chi connectivity index (χ4n) is 1.41. The maximum atomic E-state index is 6.14. The van der Waals surface area contributed by atoms with Gasteiger partial charge in [0.1, 0.15) is 0 Å². The van der Waals surface area contributed by atoms with Crippen molar-refractivity contribution in [2.45, 2.75) is 0 Å². The minimum absolute atomic E-state index is 0.541. The van der Waals surface area contributed by atoms with Crippen LogP contribution in [0, 0.1) is 0 Å². The van der Waals surface area contributed by atoms with Gasteiger partial charge < -0.3 is 0 Å². The first-order valence-electron chi connectivity index (χ1n) is 4.88. The fraction of sp³-hybridized carbons (Fsp3) is 0.0769. The molecule has 0 nitrogen and oxygen atoms in total. The lowest BCUT2D eigenvalue weighted by molar-refractivity contribution is 1.69. The molecule has 0 N–H and O–H groups in total. The third-order valence-electron chi connectivity index (χ3n) is 2.14. The molecule has 0 spiro atoms. The van der Waals surface area contributed by atoms with Gasteiger partial charge in [-0.1, -0.05) is 35.9 Å². The van der Waals surface area contributed by atoms with Gasteiger partial charge in [0, 0.05) is 26.2 Å². The first-order valence-corrected chi connectivity index (χ1v) is 6.61. The SMILES string of the molecule is ClCC=Cc1ccc(-c2ccccc2Cl)s1.